The van der Waals surface area contributed by atoms with Gasteiger partial charge < -0.3 is 0 Å². The van der Waals surface area contributed by atoms with Gasteiger partial charge in [-0.15, -0.1) is 0 Å². The van der Waals surface area contributed by atoms with Crippen LogP contribution in [0.4, 0.5) is 0 Å². The van der Waals surface area contributed by atoms with E-state index >= 15 is 0 Å². The highest BCUT2D eigenvalue weighted by atomic mass is 31.1. The normalized spacial score (nSPS) is 17.3. The van der Waals surface area contributed by atoms with E-state index in [9.17, 15) is 0 Å². The monoisotopic (exact) mass is 408 g/mol. The molecule has 0 aromatic carbocycles. The first-order chi connectivity index (χ1) is 11.9. The number of rotatable bonds is 4. The molecule has 0 radical (unpaired) electrons. The summed E-state index contributed by atoms with van der Waals surface area (Å²) >= 11 is 0. The molecule has 0 spiro atoms. The molecule has 0 bridgehead atoms. The fraction of sp³-hybridized carbons (Fsp3) is 0.760. The van der Waals surface area contributed by atoms with Crippen LogP contribution in [0, 0.1) is 0 Å². The summed E-state index contributed by atoms with van der Waals surface area (Å²) in [5.74, 6) is 0. The van der Waals surface area contributed by atoms with Crippen molar-refractivity contribution in [3.8, 4) is 0 Å². The number of hydrogen-bond acceptors (Lipinski definition) is 0. The Morgan fingerprint density at radius 1 is 0.667 bits per heavy atom. The Morgan fingerprint density at radius 3 is 1.48 bits per heavy atom. The third kappa shape index (κ3) is 8.15. The molecule has 27 heavy (non-hydrogen) atoms. The predicted molar refractivity (Wildman–Crippen MR) is 133 cm³/mol. The highest BCUT2D eigenvalue weighted by Crippen LogP contribution is 2.61. The molecule has 0 atom stereocenters. The minimum absolute atomic E-state index is 0.0861. The molecular formula is C25H46P2. The van der Waals surface area contributed by atoms with E-state index < -0.39 is 0 Å². The van der Waals surface area contributed by atoms with Gasteiger partial charge in [-0.05, 0) is 44.9 Å². The molecule has 0 aliphatic heterocycles. The molecule has 1 rings (SSSR count). The predicted octanol–water partition coefficient (Wildman–Crippen LogP) is 8.96. The van der Waals surface area contributed by atoms with Gasteiger partial charge in [-0.3, -0.25) is 0 Å². The summed E-state index contributed by atoms with van der Waals surface area (Å²) in [4.78, 5) is 0. The summed E-state index contributed by atoms with van der Waals surface area (Å²) in [6.45, 7) is 29.2. The smallest absolute Gasteiger partial charge is 0.00637 e. The van der Waals surface area contributed by atoms with E-state index in [0.717, 1.165) is 6.42 Å². The SMILES string of the molecule is CC(C)(C)P(CC1=CC=CCC(CP(C(C)(C)C)C(C)(C)C)=C1)C(C)(C)C. The van der Waals surface area contributed by atoms with Crippen LogP contribution in [0.15, 0.2) is 35.5 Å². The minimum Gasteiger partial charge on any atom is -0.0915 e. The van der Waals surface area contributed by atoms with Crippen LogP contribution in [-0.2, 0) is 0 Å². The van der Waals surface area contributed by atoms with E-state index in [2.05, 4.69) is 107 Å². The Hall–Kier alpha value is 0.0800. The Balaban J connectivity index is 3.14. The molecule has 0 aromatic heterocycles. The van der Waals surface area contributed by atoms with Crippen LogP contribution in [0.25, 0.3) is 0 Å². The summed E-state index contributed by atoms with van der Waals surface area (Å²) in [6, 6.07) is 0. The van der Waals surface area contributed by atoms with E-state index in [1.165, 1.54) is 12.3 Å². The van der Waals surface area contributed by atoms with E-state index in [1.807, 2.05) is 0 Å². The summed E-state index contributed by atoms with van der Waals surface area (Å²) in [5, 5.41) is 1.53. The molecule has 0 fully saturated rings. The largest absolute Gasteiger partial charge is 0.0915 e. The van der Waals surface area contributed by atoms with Crippen molar-refractivity contribution in [2.24, 2.45) is 0 Å². The maximum atomic E-state index is 2.57. The van der Waals surface area contributed by atoms with Gasteiger partial charge in [-0.25, -0.2) is 0 Å². The molecule has 0 N–H and O–H groups in total. The first-order valence-electron chi connectivity index (χ1n) is 10.5. The van der Waals surface area contributed by atoms with E-state index in [4.69, 9.17) is 0 Å². The molecule has 0 saturated heterocycles. The quantitative estimate of drug-likeness (QED) is 0.407. The van der Waals surface area contributed by atoms with Gasteiger partial charge >= 0.3 is 0 Å². The first-order valence-corrected chi connectivity index (χ1v) is 13.6. The Labute approximate surface area is 173 Å². The van der Waals surface area contributed by atoms with Crippen molar-refractivity contribution in [1.82, 2.24) is 0 Å². The fourth-order valence-corrected chi connectivity index (χ4v) is 11.4. The van der Waals surface area contributed by atoms with Crippen molar-refractivity contribution in [3.05, 3.63) is 35.5 Å². The molecule has 0 aromatic rings. The lowest BCUT2D eigenvalue weighted by Gasteiger charge is -2.42. The minimum atomic E-state index is -0.103. The molecule has 156 valence electrons. The Bertz CT molecular complexity index is 550. The maximum Gasteiger partial charge on any atom is -0.00637 e. The van der Waals surface area contributed by atoms with Gasteiger partial charge in [0.15, 0.2) is 0 Å². The van der Waals surface area contributed by atoms with E-state index in [-0.39, 0.29) is 15.8 Å². The number of allylic oxidation sites excluding steroid dienone is 6. The third-order valence-electron chi connectivity index (χ3n) is 5.16. The van der Waals surface area contributed by atoms with Crippen molar-refractivity contribution >= 4 is 15.8 Å². The zero-order valence-corrected chi connectivity index (χ0v) is 22.1. The van der Waals surface area contributed by atoms with Gasteiger partial charge in [0.05, 0.1) is 0 Å². The second-order valence-corrected chi connectivity index (χ2v) is 19.7. The lowest BCUT2D eigenvalue weighted by Crippen LogP contribution is -2.27. The first kappa shape index (κ1) is 25.1. The van der Waals surface area contributed by atoms with Crippen molar-refractivity contribution in [3.63, 3.8) is 0 Å². The second kappa shape index (κ2) is 8.84. The van der Waals surface area contributed by atoms with Gasteiger partial charge in [0.2, 0.25) is 0 Å². The molecule has 1 aliphatic carbocycles. The summed E-state index contributed by atoms with van der Waals surface area (Å²) in [6.07, 6.45) is 13.2. The van der Waals surface area contributed by atoms with Crippen molar-refractivity contribution < 1.29 is 0 Å². The van der Waals surface area contributed by atoms with Gasteiger partial charge in [0, 0.05) is 0 Å². The second-order valence-electron chi connectivity index (χ2n) is 12.0. The summed E-state index contributed by atoms with van der Waals surface area (Å²) in [5.41, 5.74) is 3.19. The van der Waals surface area contributed by atoms with Crippen LogP contribution >= 0.6 is 15.8 Å². The molecular weight excluding hydrogens is 362 g/mol. The molecule has 1 aliphatic rings. The highest BCUT2D eigenvalue weighted by Gasteiger charge is 2.36. The zero-order valence-electron chi connectivity index (χ0n) is 20.3. The molecule has 2 heteroatoms. The van der Waals surface area contributed by atoms with Gasteiger partial charge in [-0.1, -0.05) is 129 Å². The standard InChI is InChI=1S/C25H46P2/c1-22(2,3)26(23(4,5)6)18-20-15-13-14-16-21(17-20)19-27(24(7,8)9)25(10,11)12/h13-15,17H,16,18-19H2,1-12H3. The van der Waals surface area contributed by atoms with E-state index in [1.54, 1.807) is 11.1 Å². The van der Waals surface area contributed by atoms with Crippen LogP contribution in [0.5, 0.6) is 0 Å². The van der Waals surface area contributed by atoms with Crippen LogP contribution in [0.2, 0.25) is 0 Å². The van der Waals surface area contributed by atoms with Crippen molar-refractivity contribution in [2.75, 3.05) is 12.3 Å². The summed E-state index contributed by atoms with van der Waals surface area (Å²) < 4.78 is 0. The topological polar surface area (TPSA) is 0 Å². The Kier molecular flexibility index (Phi) is 8.22. The average Bonchev–Trinajstić information content (AvgIpc) is 2.62. The lowest BCUT2D eigenvalue weighted by molar-refractivity contribution is 0.705. The van der Waals surface area contributed by atoms with Crippen LogP contribution < -0.4 is 0 Å². The van der Waals surface area contributed by atoms with Gasteiger partial charge in [0.1, 0.15) is 0 Å². The summed E-state index contributed by atoms with van der Waals surface area (Å²) in [7, 11) is -0.190. The highest BCUT2D eigenvalue weighted by molar-refractivity contribution is 7.61. The third-order valence-corrected chi connectivity index (χ3v) is 13.0. The Morgan fingerprint density at radius 2 is 1.07 bits per heavy atom. The molecule has 0 saturated carbocycles. The van der Waals surface area contributed by atoms with Crippen molar-refractivity contribution in [2.45, 2.75) is 110 Å². The molecule has 0 unspecified atom stereocenters. The maximum absolute atomic E-state index is 2.57. The van der Waals surface area contributed by atoms with Crippen LogP contribution in [0.1, 0.15) is 89.5 Å². The lowest BCUT2D eigenvalue weighted by atomic mass is 10.1. The van der Waals surface area contributed by atoms with Crippen LogP contribution in [-0.4, -0.2) is 32.9 Å². The van der Waals surface area contributed by atoms with Crippen molar-refractivity contribution in [1.29, 1.82) is 0 Å². The molecule has 0 nitrogen and oxygen atoms in total. The molecule has 0 heterocycles. The molecule has 0 amide bonds. The van der Waals surface area contributed by atoms with E-state index in [0.29, 0.717) is 20.6 Å². The fourth-order valence-electron chi connectivity index (χ4n) is 4.34. The number of hydrogen-bond donors (Lipinski definition) is 0. The van der Waals surface area contributed by atoms with Crippen LogP contribution in [0.3, 0.4) is 0 Å². The van der Waals surface area contributed by atoms with Gasteiger partial charge in [-0.2, -0.15) is 0 Å². The zero-order chi connectivity index (χ0) is 21.3. The van der Waals surface area contributed by atoms with Gasteiger partial charge in [0.25, 0.3) is 0 Å². The average molecular weight is 409 g/mol.